The number of alkyl halides is 3. The number of thiophene rings is 1. The van der Waals surface area contributed by atoms with E-state index in [0.717, 1.165) is 22.8 Å². The van der Waals surface area contributed by atoms with Crippen LogP contribution in [0.3, 0.4) is 0 Å². The number of rotatable bonds is 6. The average molecular weight is 482 g/mol. The SMILES string of the molecule is CCn1c(SCC(=O)N2CCN(c3cccc(C(F)(F)F)c3)CC2)nnc1-c1cccs1. The van der Waals surface area contributed by atoms with E-state index in [1.807, 2.05) is 33.9 Å². The van der Waals surface area contributed by atoms with Gasteiger partial charge in [0.15, 0.2) is 11.0 Å². The summed E-state index contributed by atoms with van der Waals surface area (Å²) in [6.45, 7) is 4.63. The smallest absolute Gasteiger partial charge is 0.368 e. The monoisotopic (exact) mass is 481 g/mol. The van der Waals surface area contributed by atoms with Crippen molar-refractivity contribution >= 4 is 34.7 Å². The molecule has 2 aromatic heterocycles. The summed E-state index contributed by atoms with van der Waals surface area (Å²) in [5, 5.41) is 11.2. The number of carbonyl (C=O) groups is 1. The van der Waals surface area contributed by atoms with Gasteiger partial charge in [-0.1, -0.05) is 23.9 Å². The van der Waals surface area contributed by atoms with E-state index < -0.39 is 11.7 Å². The molecule has 0 bridgehead atoms. The first-order valence-corrected chi connectivity index (χ1v) is 12.0. The number of amides is 1. The third-order valence-electron chi connectivity index (χ3n) is 5.27. The molecule has 1 aromatic carbocycles. The van der Waals surface area contributed by atoms with Crippen LogP contribution in [0.15, 0.2) is 46.9 Å². The van der Waals surface area contributed by atoms with Gasteiger partial charge in [0, 0.05) is 38.4 Å². The number of carbonyl (C=O) groups excluding carboxylic acids is 1. The predicted molar refractivity (Wildman–Crippen MR) is 120 cm³/mol. The minimum atomic E-state index is -4.37. The summed E-state index contributed by atoms with van der Waals surface area (Å²) in [6.07, 6.45) is -4.37. The van der Waals surface area contributed by atoms with Crippen molar-refractivity contribution in [2.45, 2.75) is 24.8 Å². The Morgan fingerprint density at radius 3 is 2.56 bits per heavy atom. The van der Waals surface area contributed by atoms with E-state index in [4.69, 9.17) is 0 Å². The molecule has 0 aliphatic carbocycles. The third kappa shape index (κ3) is 4.93. The fourth-order valence-electron chi connectivity index (χ4n) is 3.58. The van der Waals surface area contributed by atoms with Crippen LogP contribution < -0.4 is 4.90 Å². The van der Waals surface area contributed by atoms with Crippen LogP contribution in [0, 0.1) is 0 Å². The lowest BCUT2D eigenvalue weighted by Crippen LogP contribution is -2.49. The van der Waals surface area contributed by atoms with Crippen molar-refractivity contribution in [2.24, 2.45) is 0 Å². The molecule has 0 unspecified atom stereocenters. The maximum atomic E-state index is 13.0. The molecule has 6 nitrogen and oxygen atoms in total. The van der Waals surface area contributed by atoms with Crippen molar-refractivity contribution in [1.82, 2.24) is 19.7 Å². The Kier molecular flexibility index (Phi) is 6.75. The molecule has 0 radical (unpaired) electrons. The molecule has 11 heteroatoms. The zero-order chi connectivity index (χ0) is 22.7. The first kappa shape index (κ1) is 22.7. The minimum absolute atomic E-state index is 0.0120. The second-order valence-electron chi connectivity index (χ2n) is 7.23. The summed E-state index contributed by atoms with van der Waals surface area (Å²) in [7, 11) is 0. The van der Waals surface area contributed by atoms with Crippen molar-refractivity contribution in [3.63, 3.8) is 0 Å². The number of anilines is 1. The van der Waals surface area contributed by atoms with Gasteiger partial charge in [0.25, 0.3) is 0 Å². The Balaban J connectivity index is 1.33. The fraction of sp³-hybridized carbons (Fsp3) is 0.381. The lowest BCUT2D eigenvalue weighted by molar-refractivity contribution is -0.137. The normalized spacial score (nSPS) is 14.8. The molecular formula is C21H22F3N5OS2. The van der Waals surface area contributed by atoms with Gasteiger partial charge in [-0.15, -0.1) is 21.5 Å². The van der Waals surface area contributed by atoms with E-state index in [1.165, 1.54) is 17.8 Å². The summed E-state index contributed by atoms with van der Waals surface area (Å²) in [4.78, 5) is 17.4. The van der Waals surface area contributed by atoms with Crippen molar-refractivity contribution in [3.05, 3.63) is 47.3 Å². The highest BCUT2D eigenvalue weighted by Crippen LogP contribution is 2.32. The Bertz CT molecular complexity index is 1060. The zero-order valence-corrected chi connectivity index (χ0v) is 19.0. The van der Waals surface area contributed by atoms with Crippen LogP contribution >= 0.6 is 23.1 Å². The summed E-state index contributed by atoms with van der Waals surface area (Å²) >= 11 is 2.95. The minimum Gasteiger partial charge on any atom is -0.368 e. The highest BCUT2D eigenvalue weighted by Gasteiger charge is 2.31. The van der Waals surface area contributed by atoms with Crippen LogP contribution in [0.1, 0.15) is 12.5 Å². The number of nitrogens with zero attached hydrogens (tertiary/aromatic N) is 5. The molecule has 1 aliphatic heterocycles. The molecule has 3 heterocycles. The summed E-state index contributed by atoms with van der Waals surface area (Å²) in [5.41, 5.74) is -0.134. The molecule has 1 saturated heterocycles. The number of hydrogen-bond donors (Lipinski definition) is 0. The van der Waals surface area contributed by atoms with Crippen LogP contribution in [-0.4, -0.2) is 57.5 Å². The second-order valence-corrected chi connectivity index (χ2v) is 9.12. The molecule has 0 spiro atoms. The van der Waals surface area contributed by atoms with Crippen LogP contribution in [0.25, 0.3) is 10.7 Å². The van der Waals surface area contributed by atoms with E-state index in [0.29, 0.717) is 43.6 Å². The zero-order valence-electron chi connectivity index (χ0n) is 17.4. The van der Waals surface area contributed by atoms with Crippen LogP contribution in [-0.2, 0) is 17.5 Å². The maximum absolute atomic E-state index is 13.0. The number of hydrogen-bond acceptors (Lipinski definition) is 6. The Hall–Kier alpha value is -2.53. The van der Waals surface area contributed by atoms with Crippen LogP contribution in [0.5, 0.6) is 0 Å². The average Bonchev–Trinajstić information content (AvgIpc) is 3.46. The molecule has 1 aliphatic rings. The van der Waals surface area contributed by atoms with Crippen molar-refractivity contribution in [3.8, 4) is 10.7 Å². The second kappa shape index (κ2) is 9.53. The van der Waals surface area contributed by atoms with Crippen LogP contribution in [0.2, 0.25) is 0 Å². The number of halogens is 3. The van der Waals surface area contributed by atoms with E-state index in [9.17, 15) is 18.0 Å². The third-order valence-corrected chi connectivity index (χ3v) is 7.09. The molecule has 170 valence electrons. The molecule has 3 aromatic rings. The number of aromatic nitrogens is 3. The molecular weight excluding hydrogens is 459 g/mol. The number of piperazine rings is 1. The molecule has 1 fully saturated rings. The maximum Gasteiger partial charge on any atom is 0.416 e. The molecule has 0 atom stereocenters. The van der Waals surface area contributed by atoms with Gasteiger partial charge in [0.05, 0.1) is 16.2 Å². The fourth-order valence-corrected chi connectivity index (χ4v) is 5.20. The number of benzene rings is 1. The standard InChI is InChI=1S/C21H22F3N5OS2/c1-2-29-19(17-7-4-12-31-17)25-26-20(29)32-14-18(30)28-10-8-27(9-11-28)16-6-3-5-15(13-16)21(22,23)24/h3-7,12-13H,2,8-11,14H2,1H3. The lowest BCUT2D eigenvalue weighted by Gasteiger charge is -2.36. The summed E-state index contributed by atoms with van der Waals surface area (Å²) in [5.74, 6) is 1.03. The van der Waals surface area contributed by atoms with E-state index in [2.05, 4.69) is 10.2 Å². The van der Waals surface area contributed by atoms with Crippen molar-refractivity contribution in [1.29, 1.82) is 0 Å². The topological polar surface area (TPSA) is 54.3 Å². The predicted octanol–water partition coefficient (Wildman–Crippen LogP) is 4.49. The van der Waals surface area contributed by atoms with Gasteiger partial charge in [-0.3, -0.25) is 4.79 Å². The van der Waals surface area contributed by atoms with E-state index >= 15 is 0 Å². The van der Waals surface area contributed by atoms with Gasteiger partial charge in [-0.05, 0) is 36.6 Å². The summed E-state index contributed by atoms with van der Waals surface area (Å²) < 4.78 is 40.9. The highest BCUT2D eigenvalue weighted by atomic mass is 32.2. The van der Waals surface area contributed by atoms with Gasteiger partial charge in [0.2, 0.25) is 5.91 Å². The first-order chi connectivity index (χ1) is 15.4. The molecule has 1 amide bonds. The molecule has 32 heavy (non-hydrogen) atoms. The molecule has 0 N–H and O–H groups in total. The van der Waals surface area contributed by atoms with E-state index in [1.54, 1.807) is 22.3 Å². The quantitative estimate of drug-likeness (QED) is 0.486. The van der Waals surface area contributed by atoms with Gasteiger partial charge in [0.1, 0.15) is 0 Å². The number of thioether (sulfide) groups is 1. The molecule has 0 saturated carbocycles. The van der Waals surface area contributed by atoms with Crippen molar-refractivity contribution in [2.75, 3.05) is 36.8 Å². The largest absolute Gasteiger partial charge is 0.416 e. The van der Waals surface area contributed by atoms with Crippen molar-refractivity contribution < 1.29 is 18.0 Å². The molecule has 4 rings (SSSR count). The Labute approximate surface area is 192 Å². The van der Waals surface area contributed by atoms with Crippen LogP contribution in [0.4, 0.5) is 18.9 Å². The van der Waals surface area contributed by atoms with Gasteiger partial charge < -0.3 is 14.4 Å². The Morgan fingerprint density at radius 2 is 1.91 bits per heavy atom. The summed E-state index contributed by atoms with van der Waals surface area (Å²) in [6, 6.07) is 9.27. The van der Waals surface area contributed by atoms with Gasteiger partial charge in [-0.2, -0.15) is 13.2 Å². The van der Waals surface area contributed by atoms with Gasteiger partial charge in [-0.25, -0.2) is 0 Å². The Morgan fingerprint density at radius 1 is 1.12 bits per heavy atom. The first-order valence-electron chi connectivity index (χ1n) is 10.2. The van der Waals surface area contributed by atoms with E-state index in [-0.39, 0.29) is 11.7 Å². The highest BCUT2D eigenvalue weighted by molar-refractivity contribution is 7.99. The van der Waals surface area contributed by atoms with Gasteiger partial charge >= 0.3 is 6.18 Å². The lowest BCUT2D eigenvalue weighted by atomic mass is 10.1.